The van der Waals surface area contributed by atoms with E-state index in [0.717, 1.165) is 29.6 Å². The zero-order chi connectivity index (χ0) is 13.1. The predicted octanol–water partition coefficient (Wildman–Crippen LogP) is 4.47. The third kappa shape index (κ3) is 2.78. The lowest BCUT2D eigenvalue weighted by atomic mass is 9.99. The second kappa shape index (κ2) is 5.89. The van der Waals surface area contributed by atoms with Crippen LogP contribution in [-0.4, -0.2) is 13.1 Å². The molecule has 0 bridgehead atoms. The number of likely N-dealkylation sites (N-methyl/N-ethyl adjacent to an activating group) is 1. The topological polar surface area (TPSA) is 25.2 Å². The van der Waals surface area contributed by atoms with Gasteiger partial charge in [-0.05, 0) is 48.7 Å². The first-order valence-electron chi connectivity index (χ1n) is 6.53. The van der Waals surface area contributed by atoms with Crippen molar-refractivity contribution in [1.29, 1.82) is 0 Å². The van der Waals surface area contributed by atoms with Gasteiger partial charge in [-0.25, -0.2) is 0 Å². The first kappa shape index (κ1) is 13.6. The van der Waals surface area contributed by atoms with Crippen LogP contribution in [0.4, 0.5) is 0 Å². The third-order valence-electron chi connectivity index (χ3n) is 3.19. The van der Waals surface area contributed by atoms with Gasteiger partial charge in [-0.2, -0.15) is 0 Å². The van der Waals surface area contributed by atoms with Gasteiger partial charge in [-0.1, -0.05) is 36.7 Å². The van der Waals surface area contributed by atoms with Crippen LogP contribution in [0.1, 0.15) is 37.8 Å². The quantitative estimate of drug-likeness (QED) is 0.824. The van der Waals surface area contributed by atoms with E-state index in [4.69, 9.17) is 4.42 Å². The Morgan fingerprint density at radius 2 is 2.11 bits per heavy atom. The standard InChI is InChI=1S/C15H20BrNO/c1-4-17-6-5-11-9-18-15-13(10(2)3)7-12(16)8-14(11)15/h7-10,17H,4-6H2,1-3H3. The summed E-state index contributed by atoms with van der Waals surface area (Å²) in [5.41, 5.74) is 3.60. The Hall–Kier alpha value is -0.800. The van der Waals surface area contributed by atoms with Gasteiger partial charge in [-0.3, -0.25) is 0 Å². The summed E-state index contributed by atoms with van der Waals surface area (Å²) in [6.45, 7) is 8.52. The van der Waals surface area contributed by atoms with E-state index >= 15 is 0 Å². The fourth-order valence-corrected chi connectivity index (χ4v) is 2.68. The van der Waals surface area contributed by atoms with Crippen LogP contribution in [0.2, 0.25) is 0 Å². The molecule has 1 N–H and O–H groups in total. The van der Waals surface area contributed by atoms with Crippen molar-refractivity contribution in [3.05, 3.63) is 34.0 Å². The number of hydrogen-bond donors (Lipinski definition) is 1. The van der Waals surface area contributed by atoms with E-state index in [2.05, 4.69) is 54.2 Å². The van der Waals surface area contributed by atoms with Crippen molar-refractivity contribution < 1.29 is 4.42 Å². The van der Waals surface area contributed by atoms with Gasteiger partial charge in [0, 0.05) is 9.86 Å². The molecule has 1 heterocycles. The molecular weight excluding hydrogens is 290 g/mol. The van der Waals surface area contributed by atoms with Crippen LogP contribution in [0.5, 0.6) is 0 Å². The van der Waals surface area contributed by atoms with Crippen molar-refractivity contribution in [2.24, 2.45) is 0 Å². The van der Waals surface area contributed by atoms with Crippen molar-refractivity contribution >= 4 is 26.9 Å². The van der Waals surface area contributed by atoms with Crippen molar-refractivity contribution in [3.63, 3.8) is 0 Å². The predicted molar refractivity (Wildman–Crippen MR) is 80.3 cm³/mol. The Morgan fingerprint density at radius 1 is 1.33 bits per heavy atom. The molecule has 0 aliphatic heterocycles. The lowest BCUT2D eigenvalue weighted by molar-refractivity contribution is 0.599. The summed E-state index contributed by atoms with van der Waals surface area (Å²) in [7, 11) is 0. The van der Waals surface area contributed by atoms with Crippen LogP contribution in [0, 0.1) is 0 Å². The van der Waals surface area contributed by atoms with Gasteiger partial charge < -0.3 is 9.73 Å². The number of rotatable bonds is 5. The summed E-state index contributed by atoms with van der Waals surface area (Å²) in [6.07, 6.45) is 2.91. The molecule has 0 unspecified atom stereocenters. The Balaban J connectivity index is 2.39. The Kier molecular flexibility index (Phi) is 4.46. The molecule has 1 aromatic carbocycles. The van der Waals surface area contributed by atoms with E-state index < -0.39 is 0 Å². The lowest BCUT2D eigenvalue weighted by Gasteiger charge is -2.07. The smallest absolute Gasteiger partial charge is 0.137 e. The second-order valence-electron chi connectivity index (χ2n) is 4.89. The average molecular weight is 310 g/mol. The normalized spacial score (nSPS) is 11.6. The first-order chi connectivity index (χ1) is 8.63. The second-order valence-corrected chi connectivity index (χ2v) is 5.81. The van der Waals surface area contributed by atoms with Crippen molar-refractivity contribution in [2.45, 2.75) is 33.1 Å². The van der Waals surface area contributed by atoms with E-state index in [1.54, 1.807) is 0 Å². The molecule has 2 nitrogen and oxygen atoms in total. The van der Waals surface area contributed by atoms with Crippen LogP contribution in [0.3, 0.4) is 0 Å². The van der Waals surface area contributed by atoms with E-state index in [1.807, 2.05) is 6.26 Å². The number of furan rings is 1. The molecule has 0 saturated heterocycles. The molecule has 3 heteroatoms. The van der Waals surface area contributed by atoms with Crippen molar-refractivity contribution in [2.75, 3.05) is 13.1 Å². The minimum Gasteiger partial charge on any atom is -0.464 e. The van der Waals surface area contributed by atoms with Gasteiger partial charge in [0.25, 0.3) is 0 Å². The van der Waals surface area contributed by atoms with Gasteiger partial charge in [0.2, 0.25) is 0 Å². The molecule has 0 amide bonds. The van der Waals surface area contributed by atoms with Crippen LogP contribution in [0.15, 0.2) is 27.3 Å². The minimum atomic E-state index is 0.470. The summed E-state index contributed by atoms with van der Waals surface area (Å²) < 4.78 is 6.91. The van der Waals surface area contributed by atoms with E-state index in [-0.39, 0.29) is 0 Å². The number of nitrogens with one attached hydrogen (secondary N) is 1. The SMILES string of the molecule is CCNCCc1coc2c(C(C)C)cc(Br)cc12. The average Bonchev–Trinajstić information content (AvgIpc) is 2.71. The fourth-order valence-electron chi connectivity index (χ4n) is 2.20. The number of fused-ring (bicyclic) bond motifs is 1. The molecule has 0 spiro atoms. The summed E-state index contributed by atoms with van der Waals surface area (Å²) in [5.74, 6) is 0.470. The maximum atomic E-state index is 5.78. The van der Waals surface area contributed by atoms with Crippen LogP contribution < -0.4 is 5.32 Å². The molecule has 0 atom stereocenters. The van der Waals surface area contributed by atoms with Gasteiger partial charge in [0.15, 0.2) is 0 Å². The third-order valence-corrected chi connectivity index (χ3v) is 3.65. The molecule has 0 saturated carbocycles. The molecule has 2 aromatic rings. The van der Waals surface area contributed by atoms with E-state index in [0.29, 0.717) is 5.92 Å². The van der Waals surface area contributed by atoms with Crippen molar-refractivity contribution in [1.82, 2.24) is 5.32 Å². The molecule has 1 aromatic heterocycles. The molecule has 0 radical (unpaired) electrons. The highest BCUT2D eigenvalue weighted by molar-refractivity contribution is 9.10. The fraction of sp³-hybridized carbons (Fsp3) is 0.467. The summed E-state index contributed by atoms with van der Waals surface area (Å²) in [5, 5.41) is 4.59. The summed E-state index contributed by atoms with van der Waals surface area (Å²) >= 11 is 3.59. The highest BCUT2D eigenvalue weighted by Crippen LogP contribution is 2.32. The van der Waals surface area contributed by atoms with E-state index in [9.17, 15) is 0 Å². The van der Waals surface area contributed by atoms with Gasteiger partial charge in [0.1, 0.15) is 5.58 Å². The van der Waals surface area contributed by atoms with Gasteiger partial charge in [0.05, 0.1) is 6.26 Å². The molecule has 98 valence electrons. The highest BCUT2D eigenvalue weighted by atomic mass is 79.9. The molecule has 0 fully saturated rings. The molecule has 18 heavy (non-hydrogen) atoms. The first-order valence-corrected chi connectivity index (χ1v) is 7.33. The van der Waals surface area contributed by atoms with Crippen LogP contribution >= 0.6 is 15.9 Å². The Bertz CT molecular complexity index is 531. The summed E-state index contributed by atoms with van der Waals surface area (Å²) in [6, 6.07) is 4.32. The lowest BCUT2D eigenvalue weighted by Crippen LogP contribution is -2.15. The maximum absolute atomic E-state index is 5.78. The largest absolute Gasteiger partial charge is 0.464 e. The highest BCUT2D eigenvalue weighted by Gasteiger charge is 2.13. The number of hydrogen-bond acceptors (Lipinski definition) is 2. The van der Waals surface area contributed by atoms with Gasteiger partial charge in [-0.15, -0.1) is 0 Å². The monoisotopic (exact) mass is 309 g/mol. The summed E-state index contributed by atoms with van der Waals surface area (Å²) in [4.78, 5) is 0. The molecule has 0 aliphatic carbocycles. The van der Waals surface area contributed by atoms with Crippen molar-refractivity contribution in [3.8, 4) is 0 Å². The number of halogens is 1. The molecule has 0 aliphatic rings. The zero-order valence-corrected chi connectivity index (χ0v) is 12.8. The number of benzene rings is 1. The maximum Gasteiger partial charge on any atom is 0.137 e. The Labute approximate surface area is 117 Å². The molecular formula is C15H20BrNO. The van der Waals surface area contributed by atoms with Crippen LogP contribution in [0.25, 0.3) is 11.0 Å². The van der Waals surface area contributed by atoms with Crippen LogP contribution in [-0.2, 0) is 6.42 Å². The minimum absolute atomic E-state index is 0.470. The Morgan fingerprint density at radius 3 is 2.78 bits per heavy atom. The zero-order valence-electron chi connectivity index (χ0n) is 11.2. The molecule has 2 rings (SSSR count). The van der Waals surface area contributed by atoms with Gasteiger partial charge >= 0.3 is 0 Å². The van der Waals surface area contributed by atoms with E-state index in [1.165, 1.54) is 16.5 Å².